The Bertz CT molecular complexity index is 475. The second-order valence-electron chi connectivity index (χ2n) is 5.35. The van der Waals surface area contributed by atoms with E-state index < -0.39 is 11.4 Å². The van der Waals surface area contributed by atoms with E-state index in [9.17, 15) is 9.59 Å². The smallest absolute Gasteiger partial charge is 0.310 e. The summed E-state index contributed by atoms with van der Waals surface area (Å²) in [5.74, 6) is -0.773. The first-order valence-electron chi connectivity index (χ1n) is 5.97. The minimum Gasteiger partial charge on any atom is -0.481 e. The van der Waals surface area contributed by atoms with Crippen molar-refractivity contribution in [3.05, 3.63) is 17.5 Å². The average Bonchev–Trinajstić information content (AvgIpc) is 3.04. The Balaban J connectivity index is 1.92. The monoisotopic (exact) mass is 251 g/mol. The molecule has 1 saturated carbocycles. The van der Waals surface area contributed by atoms with Crippen LogP contribution >= 0.6 is 0 Å². The molecule has 0 spiro atoms. The highest BCUT2D eigenvalue weighted by atomic mass is 16.4. The van der Waals surface area contributed by atoms with Gasteiger partial charge in [0.2, 0.25) is 0 Å². The predicted octanol–water partition coefficient (Wildman–Crippen LogP) is 1.13. The van der Waals surface area contributed by atoms with Crippen LogP contribution in [-0.2, 0) is 4.79 Å². The lowest BCUT2D eigenvalue weighted by molar-refractivity contribution is -0.146. The van der Waals surface area contributed by atoms with Gasteiger partial charge in [0, 0.05) is 18.2 Å². The number of nitrogens with zero attached hydrogens (tertiary/aromatic N) is 1. The summed E-state index contributed by atoms with van der Waals surface area (Å²) < 4.78 is 0. The molecule has 98 valence electrons. The maximum Gasteiger partial charge on any atom is 0.310 e. The lowest BCUT2D eigenvalue weighted by atomic mass is 9.94. The molecule has 0 aliphatic heterocycles. The van der Waals surface area contributed by atoms with Crippen molar-refractivity contribution in [3.63, 3.8) is 0 Å². The van der Waals surface area contributed by atoms with Crippen molar-refractivity contribution in [1.29, 1.82) is 0 Å². The van der Waals surface area contributed by atoms with Crippen LogP contribution in [0.15, 0.2) is 6.07 Å². The summed E-state index contributed by atoms with van der Waals surface area (Å²) in [4.78, 5) is 22.7. The lowest BCUT2D eigenvalue weighted by Gasteiger charge is -2.18. The molecule has 0 bridgehead atoms. The quantitative estimate of drug-likeness (QED) is 0.731. The molecule has 1 fully saturated rings. The van der Waals surface area contributed by atoms with Crippen LogP contribution in [0, 0.1) is 5.41 Å². The minimum atomic E-state index is -0.981. The SMILES string of the molecule is CC(C)(CNC(=O)c1cc(C2CC2)[nH]n1)C(=O)O. The molecule has 3 N–H and O–H groups in total. The number of rotatable bonds is 5. The van der Waals surface area contributed by atoms with Gasteiger partial charge in [0.15, 0.2) is 0 Å². The first-order valence-corrected chi connectivity index (χ1v) is 5.97. The van der Waals surface area contributed by atoms with Crippen LogP contribution in [0.2, 0.25) is 0 Å². The summed E-state index contributed by atoms with van der Waals surface area (Å²) in [7, 11) is 0. The zero-order valence-electron chi connectivity index (χ0n) is 10.5. The Morgan fingerprint density at radius 3 is 2.78 bits per heavy atom. The molecule has 0 aromatic carbocycles. The maximum atomic E-state index is 11.8. The van der Waals surface area contributed by atoms with Gasteiger partial charge in [-0.05, 0) is 32.8 Å². The number of aliphatic carboxylic acids is 1. The Morgan fingerprint density at radius 2 is 2.22 bits per heavy atom. The number of amides is 1. The van der Waals surface area contributed by atoms with Crippen LogP contribution in [0.1, 0.15) is 48.8 Å². The largest absolute Gasteiger partial charge is 0.481 e. The molecule has 6 heteroatoms. The molecular weight excluding hydrogens is 234 g/mol. The van der Waals surface area contributed by atoms with Crippen LogP contribution in [-0.4, -0.2) is 33.7 Å². The third-order valence-corrected chi connectivity index (χ3v) is 3.12. The Hall–Kier alpha value is -1.85. The topological polar surface area (TPSA) is 95.1 Å². The number of aromatic amines is 1. The minimum absolute atomic E-state index is 0.0762. The molecule has 6 nitrogen and oxygen atoms in total. The Kier molecular flexibility index (Phi) is 3.11. The zero-order chi connectivity index (χ0) is 13.3. The number of carboxylic acids is 1. The van der Waals surface area contributed by atoms with E-state index in [2.05, 4.69) is 15.5 Å². The van der Waals surface area contributed by atoms with Crippen molar-refractivity contribution in [2.75, 3.05) is 6.54 Å². The van der Waals surface area contributed by atoms with Gasteiger partial charge in [0.05, 0.1) is 5.41 Å². The van der Waals surface area contributed by atoms with Gasteiger partial charge in [-0.15, -0.1) is 0 Å². The van der Waals surface area contributed by atoms with Crippen molar-refractivity contribution in [2.45, 2.75) is 32.6 Å². The van der Waals surface area contributed by atoms with E-state index in [1.807, 2.05) is 0 Å². The summed E-state index contributed by atoms with van der Waals surface area (Å²) in [6.45, 7) is 3.21. The number of H-pyrrole nitrogens is 1. The maximum absolute atomic E-state index is 11.8. The van der Waals surface area contributed by atoms with E-state index >= 15 is 0 Å². The molecular formula is C12H17N3O3. The molecule has 0 atom stereocenters. The summed E-state index contributed by atoms with van der Waals surface area (Å²) >= 11 is 0. The van der Waals surface area contributed by atoms with Gasteiger partial charge in [-0.25, -0.2) is 0 Å². The fourth-order valence-corrected chi connectivity index (χ4v) is 1.52. The van der Waals surface area contributed by atoms with E-state index in [0.717, 1.165) is 18.5 Å². The standard InChI is InChI=1S/C12H17N3O3/c1-12(2,11(17)18)6-13-10(16)9-5-8(14-15-9)7-3-4-7/h5,7H,3-4,6H2,1-2H3,(H,13,16)(H,14,15)(H,17,18). The van der Waals surface area contributed by atoms with E-state index in [0.29, 0.717) is 11.6 Å². The molecule has 18 heavy (non-hydrogen) atoms. The molecule has 1 aliphatic carbocycles. The number of aromatic nitrogens is 2. The van der Waals surface area contributed by atoms with Gasteiger partial charge < -0.3 is 10.4 Å². The molecule has 2 rings (SSSR count). The van der Waals surface area contributed by atoms with E-state index in [-0.39, 0.29) is 12.5 Å². The second kappa shape index (κ2) is 4.44. The summed E-state index contributed by atoms with van der Waals surface area (Å²) in [6.07, 6.45) is 2.27. The second-order valence-corrected chi connectivity index (χ2v) is 5.35. The fraction of sp³-hybridized carbons (Fsp3) is 0.583. The predicted molar refractivity (Wildman–Crippen MR) is 64.3 cm³/mol. The van der Waals surface area contributed by atoms with Gasteiger partial charge in [-0.2, -0.15) is 5.10 Å². The number of carbonyl (C=O) groups is 2. The molecule has 0 unspecified atom stereocenters. The highest BCUT2D eigenvalue weighted by Gasteiger charge is 2.29. The van der Waals surface area contributed by atoms with E-state index in [1.54, 1.807) is 19.9 Å². The normalized spacial score (nSPS) is 15.4. The number of nitrogens with one attached hydrogen (secondary N) is 2. The van der Waals surface area contributed by atoms with E-state index in [4.69, 9.17) is 5.11 Å². The highest BCUT2D eigenvalue weighted by molar-refractivity contribution is 5.92. The van der Waals surface area contributed by atoms with Crippen LogP contribution < -0.4 is 5.32 Å². The number of hydrogen-bond acceptors (Lipinski definition) is 3. The van der Waals surface area contributed by atoms with Crippen molar-refractivity contribution in [3.8, 4) is 0 Å². The molecule has 1 heterocycles. The van der Waals surface area contributed by atoms with Crippen LogP contribution in [0.25, 0.3) is 0 Å². The van der Waals surface area contributed by atoms with Crippen molar-refractivity contribution < 1.29 is 14.7 Å². The van der Waals surface area contributed by atoms with Crippen LogP contribution in [0.3, 0.4) is 0 Å². The third kappa shape index (κ3) is 2.69. The third-order valence-electron chi connectivity index (χ3n) is 3.12. The molecule has 1 aliphatic rings. The zero-order valence-corrected chi connectivity index (χ0v) is 10.5. The molecule has 0 saturated heterocycles. The molecule has 1 aromatic heterocycles. The first kappa shape index (κ1) is 12.6. The first-order chi connectivity index (χ1) is 8.40. The van der Waals surface area contributed by atoms with Crippen molar-refractivity contribution >= 4 is 11.9 Å². The van der Waals surface area contributed by atoms with Gasteiger partial charge in [0.25, 0.3) is 5.91 Å². The number of carbonyl (C=O) groups excluding carboxylic acids is 1. The van der Waals surface area contributed by atoms with Crippen LogP contribution in [0.4, 0.5) is 0 Å². The Labute approximate surface area is 105 Å². The van der Waals surface area contributed by atoms with Gasteiger partial charge >= 0.3 is 5.97 Å². The van der Waals surface area contributed by atoms with Gasteiger partial charge in [-0.1, -0.05) is 0 Å². The number of carboxylic acid groups (broad SMARTS) is 1. The van der Waals surface area contributed by atoms with Gasteiger partial charge in [-0.3, -0.25) is 14.7 Å². The lowest BCUT2D eigenvalue weighted by Crippen LogP contribution is -2.39. The molecule has 1 aromatic rings. The number of hydrogen-bond donors (Lipinski definition) is 3. The Morgan fingerprint density at radius 1 is 1.56 bits per heavy atom. The van der Waals surface area contributed by atoms with Gasteiger partial charge in [0.1, 0.15) is 5.69 Å². The van der Waals surface area contributed by atoms with E-state index in [1.165, 1.54) is 0 Å². The highest BCUT2D eigenvalue weighted by Crippen LogP contribution is 2.38. The molecule has 0 radical (unpaired) electrons. The van der Waals surface area contributed by atoms with Crippen molar-refractivity contribution in [2.24, 2.45) is 5.41 Å². The summed E-state index contributed by atoms with van der Waals surface area (Å²) in [5, 5.41) is 18.3. The van der Waals surface area contributed by atoms with Crippen molar-refractivity contribution in [1.82, 2.24) is 15.5 Å². The fourth-order valence-electron chi connectivity index (χ4n) is 1.52. The summed E-state index contributed by atoms with van der Waals surface area (Å²) in [6, 6.07) is 1.74. The molecule has 1 amide bonds. The average molecular weight is 251 g/mol. The van der Waals surface area contributed by atoms with Crippen LogP contribution in [0.5, 0.6) is 0 Å². The summed E-state index contributed by atoms with van der Waals surface area (Å²) in [5.41, 5.74) is 0.321.